The van der Waals surface area contributed by atoms with Gasteiger partial charge in [0.1, 0.15) is 0 Å². The van der Waals surface area contributed by atoms with E-state index < -0.39 is 0 Å². The molecule has 0 fully saturated rings. The maximum Gasteiger partial charge on any atom is 0.0641 e. The first-order valence-corrected chi connectivity index (χ1v) is 5.78. The van der Waals surface area contributed by atoms with Crippen LogP contribution in [-0.4, -0.2) is 16.3 Å². The number of hydrogen-bond donors (Lipinski definition) is 1. The van der Waals surface area contributed by atoms with E-state index in [1.807, 2.05) is 11.7 Å². The van der Waals surface area contributed by atoms with Crippen molar-refractivity contribution in [2.45, 2.75) is 40.2 Å². The van der Waals surface area contributed by atoms with Crippen LogP contribution in [0, 0.1) is 12.8 Å². The maximum absolute atomic E-state index is 4.36. The van der Waals surface area contributed by atoms with Gasteiger partial charge in [0.2, 0.25) is 0 Å². The fourth-order valence-electron chi connectivity index (χ4n) is 1.68. The minimum absolute atomic E-state index is 0.396. The molecule has 1 aromatic heterocycles. The smallest absolute Gasteiger partial charge is 0.0641 e. The first-order chi connectivity index (χ1) is 7.04. The Kier molecular flexibility index (Phi) is 4.33. The molecule has 1 aromatic rings. The van der Waals surface area contributed by atoms with Crippen molar-refractivity contribution in [3.63, 3.8) is 0 Å². The summed E-state index contributed by atoms with van der Waals surface area (Å²) in [7, 11) is 1.97. The lowest BCUT2D eigenvalue weighted by Crippen LogP contribution is -2.24. The van der Waals surface area contributed by atoms with Gasteiger partial charge in [-0.15, -0.1) is 0 Å². The Balaban J connectivity index is 2.53. The number of rotatable bonds is 5. The average molecular weight is 209 g/mol. The standard InChI is InChI=1S/C12H23N3/c1-6-9(2)7-13-10(3)12-8-15(5)14-11(12)4/h8-10,13H,6-7H2,1-5H3. The molecule has 0 aromatic carbocycles. The molecule has 0 spiro atoms. The van der Waals surface area contributed by atoms with E-state index in [9.17, 15) is 0 Å². The molecule has 0 bridgehead atoms. The molecule has 0 aliphatic rings. The van der Waals surface area contributed by atoms with Gasteiger partial charge in [0.05, 0.1) is 5.69 Å². The zero-order valence-electron chi connectivity index (χ0n) is 10.5. The molecule has 1 N–H and O–H groups in total. The molecule has 3 heteroatoms. The van der Waals surface area contributed by atoms with E-state index in [4.69, 9.17) is 0 Å². The summed E-state index contributed by atoms with van der Waals surface area (Å²) in [4.78, 5) is 0. The number of aryl methyl sites for hydroxylation is 2. The van der Waals surface area contributed by atoms with Crippen LogP contribution in [0.5, 0.6) is 0 Å². The Morgan fingerprint density at radius 2 is 2.13 bits per heavy atom. The third-order valence-corrected chi connectivity index (χ3v) is 2.99. The van der Waals surface area contributed by atoms with Gasteiger partial charge in [-0.25, -0.2) is 0 Å². The van der Waals surface area contributed by atoms with Crippen LogP contribution in [0.3, 0.4) is 0 Å². The molecule has 1 rings (SSSR count). The van der Waals surface area contributed by atoms with Crippen LogP contribution >= 0.6 is 0 Å². The van der Waals surface area contributed by atoms with Crippen molar-refractivity contribution >= 4 is 0 Å². The van der Waals surface area contributed by atoms with Crippen LogP contribution in [0.2, 0.25) is 0 Å². The SMILES string of the molecule is CCC(C)CNC(C)c1cn(C)nc1C. The van der Waals surface area contributed by atoms with Crippen LogP contribution in [0.4, 0.5) is 0 Å². The molecule has 86 valence electrons. The topological polar surface area (TPSA) is 29.9 Å². The quantitative estimate of drug-likeness (QED) is 0.807. The van der Waals surface area contributed by atoms with E-state index in [-0.39, 0.29) is 0 Å². The fraction of sp³-hybridized carbons (Fsp3) is 0.750. The molecule has 0 aliphatic heterocycles. The third-order valence-electron chi connectivity index (χ3n) is 2.99. The predicted molar refractivity (Wildman–Crippen MR) is 63.8 cm³/mol. The summed E-state index contributed by atoms with van der Waals surface area (Å²) in [6.45, 7) is 9.84. The third kappa shape index (κ3) is 3.34. The van der Waals surface area contributed by atoms with E-state index in [1.165, 1.54) is 12.0 Å². The van der Waals surface area contributed by atoms with E-state index in [0.717, 1.165) is 18.2 Å². The monoisotopic (exact) mass is 209 g/mol. The van der Waals surface area contributed by atoms with Crippen LogP contribution in [0.25, 0.3) is 0 Å². The van der Waals surface area contributed by atoms with Crippen LogP contribution in [-0.2, 0) is 7.05 Å². The molecular weight excluding hydrogens is 186 g/mol. The summed E-state index contributed by atoms with van der Waals surface area (Å²) in [5.74, 6) is 0.740. The van der Waals surface area contributed by atoms with Crippen molar-refractivity contribution < 1.29 is 0 Å². The van der Waals surface area contributed by atoms with Crippen molar-refractivity contribution in [2.75, 3.05) is 6.54 Å². The summed E-state index contributed by atoms with van der Waals surface area (Å²) in [5.41, 5.74) is 2.43. The van der Waals surface area contributed by atoms with Gasteiger partial charge in [-0.3, -0.25) is 4.68 Å². The Hall–Kier alpha value is -0.830. The van der Waals surface area contributed by atoms with Crippen molar-refractivity contribution in [1.29, 1.82) is 0 Å². The van der Waals surface area contributed by atoms with Crippen molar-refractivity contribution in [3.8, 4) is 0 Å². The average Bonchev–Trinajstić information content (AvgIpc) is 2.53. The first kappa shape index (κ1) is 12.2. The molecule has 2 unspecified atom stereocenters. The normalized spacial score (nSPS) is 15.3. The summed E-state index contributed by atoms with van der Waals surface area (Å²) >= 11 is 0. The lowest BCUT2D eigenvalue weighted by molar-refractivity contribution is 0.460. The summed E-state index contributed by atoms with van der Waals surface area (Å²) < 4.78 is 1.88. The zero-order valence-corrected chi connectivity index (χ0v) is 10.5. The molecule has 2 atom stereocenters. The van der Waals surface area contributed by atoms with Gasteiger partial charge in [0, 0.05) is 24.8 Å². The lowest BCUT2D eigenvalue weighted by Gasteiger charge is -2.16. The second kappa shape index (κ2) is 5.31. The summed E-state index contributed by atoms with van der Waals surface area (Å²) in [6.07, 6.45) is 3.33. The molecule has 3 nitrogen and oxygen atoms in total. The molecule has 0 saturated carbocycles. The molecule has 0 aliphatic carbocycles. The van der Waals surface area contributed by atoms with Gasteiger partial charge < -0.3 is 5.32 Å². The van der Waals surface area contributed by atoms with E-state index in [1.54, 1.807) is 0 Å². The van der Waals surface area contributed by atoms with Crippen LogP contribution in [0.15, 0.2) is 6.20 Å². The second-order valence-corrected chi connectivity index (χ2v) is 4.49. The summed E-state index contributed by atoms with van der Waals surface area (Å²) in [5, 5.41) is 7.91. The van der Waals surface area contributed by atoms with Crippen LogP contribution < -0.4 is 5.32 Å². The lowest BCUT2D eigenvalue weighted by atomic mass is 10.1. The van der Waals surface area contributed by atoms with Gasteiger partial charge in [0.25, 0.3) is 0 Å². The Morgan fingerprint density at radius 1 is 1.47 bits per heavy atom. The molecule has 0 amide bonds. The highest BCUT2D eigenvalue weighted by atomic mass is 15.3. The van der Waals surface area contributed by atoms with E-state index in [2.05, 4.69) is 44.3 Å². The largest absolute Gasteiger partial charge is 0.310 e. The Labute approximate surface area is 92.9 Å². The number of aromatic nitrogens is 2. The number of nitrogens with one attached hydrogen (secondary N) is 1. The minimum Gasteiger partial charge on any atom is -0.310 e. The van der Waals surface area contributed by atoms with Gasteiger partial charge in [-0.1, -0.05) is 20.3 Å². The Morgan fingerprint density at radius 3 is 2.60 bits per heavy atom. The predicted octanol–water partition coefficient (Wildman–Crippen LogP) is 2.43. The fourth-order valence-corrected chi connectivity index (χ4v) is 1.68. The maximum atomic E-state index is 4.36. The van der Waals surface area contributed by atoms with Crippen molar-refractivity contribution in [1.82, 2.24) is 15.1 Å². The van der Waals surface area contributed by atoms with Crippen molar-refractivity contribution in [3.05, 3.63) is 17.5 Å². The van der Waals surface area contributed by atoms with E-state index >= 15 is 0 Å². The van der Waals surface area contributed by atoms with E-state index in [0.29, 0.717) is 6.04 Å². The second-order valence-electron chi connectivity index (χ2n) is 4.49. The van der Waals surface area contributed by atoms with Gasteiger partial charge in [-0.2, -0.15) is 5.10 Å². The molecule has 1 heterocycles. The van der Waals surface area contributed by atoms with Gasteiger partial charge in [-0.05, 0) is 26.3 Å². The highest BCUT2D eigenvalue weighted by Gasteiger charge is 2.11. The molecular formula is C12H23N3. The van der Waals surface area contributed by atoms with Crippen molar-refractivity contribution in [2.24, 2.45) is 13.0 Å². The van der Waals surface area contributed by atoms with Gasteiger partial charge in [0.15, 0.2) is 0 Å². The minimum atomic E-state index is 0.396. The first-order valence-electron chi connectivity index (χ1n) is 5.78. The zero-order chi connectivity index (χ0) is 11.4. The number of hydrogen-bond acceptors (Lipinski definition) is 2. The number of nitrogens with zero attached hydrogens (tertiary/aromatic N) is 2. The highest BCUT2D eigenvalue weighted by molar-refractivity contribution is 5.19. The highest BCUT2D eigenvalue weighted by Crippen LogP contribution is 2.15. The Bertz CT molecular complexity index is 304. The molecule has 0 saturated heterocycles. The van der Waals surface area contributed by atoms with Crippen LogP contribution in [0.1, 0.15) is 44.5 Å². The molecule has 15 heavy (non-hydrogen) atoms. The summed E-state index contributed by atoms with van der Waals surface area (Å²) in [6, 6.07) is 0.396. The van der Waals surface area contributed by atoms with Gasteiger partial charge >= 0.3 is 0 Å². The molecule has 0 radical (unpaired) electrons.